The Morgan fingerprint density at radius 2 is 2.04 bits per heavy atom. The summed E-state index contributed by atoms with van der Waals surface area (Å²) in [5.41, 5.74) is 0.789. The highest BCUT2D eigenvalue weighted by molar-refractivity contribution is 7.88. The molecular formula is C16H26N4O4S. The standard InChI is InChI=1S/C16H26N4O4S/c1-17-16(18-11-13-6-5-9-20(13)25(4,21)22)19-12-7-8-14(23-2)15(10-12)24-3/h7-8,10,13H,5-6,9,11H2,1-4H3,(H2,17,18,19)/t13-/m1/s1. The third-order valence-electron chi connectivity index (χ3n) is 4.12. The largest absolute Gasteiger partial charge is 0.493 e. The number of hydrogen-bond acceptors (Lipinski definition) is 5. The van der Waals surface area contributed by atoms with Crippen molar-refractivity contribution < 1.29 is 17.9 Å². The first-order chi connectivity index (χ1) is 11.9. The Labute approximate surface area is 149 Å². The van der Waals surface area contributed by atoms with Crippen LogP contribution >= 0.6 is 0 Å². The predicted molar refractivity (Wildman–Crippen MR) is 99.1 cm³/mol. The third-order valence-corrected chi connectivity index (χ3v) is 5.46. The second-order valence-electron chi connectivity index (χ2n) is 5.82. The lowest BCUT2D eigenvalue weighted by atomic mass is 10.2. The predicted octanol–water partition coefficient (Wildman–Crippen LogP) is 1.12. The smallest absolute Gasteiger partial charge is 0.211 e. The molecule has 1 saturated heterocycles. The number of aliphatic imine (C=N–C) groups is 1. The first kappa shape index (κ1) is 19.3. The van der Waals surface area contributed by atoms with Gasteiger partial charge < -0.3 is 20.1 Å². The molecule has 25 heavy (non-hydrogen) atoms. The lowest BCUT2D eigenvalue weighted by Gasteiger charge is -2.23. The summed E-state index contributed by atoms with van der Waals surface area (Å²) in [6.45, 7) is 1.08. The Balaban J connectivity index is 1.99. The number of sulfonamides is 1. The van der Waals surface area contributed by atoms with E-state index in [2.05, 4.69) is 15.6 Å². The van der Waals surface area contributed by atoms with Crippen molar-refractivity contribution in [2.75, 3.05) is 45.9 Å². The molecule has 0 unspecified atom stereocenters. The van der Waals surface area contributed by atoms with Crippen LogP contribution in [0, 0.1) is 0 Å². The van der Waals surface area contributed by atoms with Crippen molar-refractivity contribution in [1.29, 1.82) is 0 Å². The summed E-state index contributed by atoms with van der Waals surface area (Å²) in [6.07, 6.45) is 2.97. The third kappa shape index (κ3) is 4.99. The summed E-state index contributed by atoms with van der Waals surface area (Å²) in [5.74, 6) is 1.82. The van der Waals surface area contributed by atoms with E-state index in [1.165, 1.54) is 6.26 Å². The molecule has 9 heteroatoms. The van der Waals surface area contributed by atoms with Crippen LogP contribution in [0.5, 0.6) is 11.5 Å². The molecule has 0 aliphatic carbocycles. The van der Waals surface area contributed by atoms with E-state index in [1.807, 2.05) is 12.1 Å². The van der Waals surface area contributed by atoms with Crippen molar-refractivity contribution in [2.24, 2.45) is 4.99 Å². The molecule has 0 bridgehead atoms. The summed E-state index contributed by atoms with van der Waals surface area (Å²) in [4.78, 5) is 4.18. The number of nitrogens with one attached hydrogen (secondary N) is 2. The maximum Gasteiger partial charge on any atom is 0.211 e. The normalized spacial score (nSPS) is 18.9. The second-order valence-corrected chi connectivity index (χ2v) is 7.75. The number of benzene rings is 1. The zero-order chi connectivity index (χ0) is 18.4. The van der Waals surface area contributed by atoms with Gasteiger partial charge in [-0.25, -0.2) is 8.42 Å². The van der Waals surface area contributed by atoms with E-state index in [4.69, 9.17) is 9.47 Å². The Bertz CT molecular complexity index is 721. The van der Waals surface area contributed by atoms with Gasteiger partial charge in [-0.15, -0.1) is 0 Å². The van der Waals surface area contributed by atoms with E-state index >= 15 is 0 Å². The van der Waals surface area contributed by atoms with Crippen molar-refractivity contribution >= 4 is 21.7 Å². The van der Waals surface area contributed by atoms with E-state index in [1.54, 1.807) is 31.6 Å². The van der Waals surface area contributed by atoms with E-state index in [9.17, 15) is 8.42 Å². The van der Waals surface area contributed by atoms with Crippen molar-refractivity contribution in [3.05, 3.63) is 18.2 Å². The van der Waals surface area contributed by atoms with Crippen molar-refractivity contribution in [2.45, 2.75) is 18.9 Å². The quantitative estimate of drug-likeness (QED) is 0.576. The van der Waals surface area contributed by atoms with Crippen LogP contribution in [0.4, 0.5) is 5.69 Å². The Kier molecular flexibility index (Phi) is 6.49. The lowest BCUT2D eigenvalue weighted by Crippen LogP contribution is -2.44. The molecule has 1 heterocycles. The summed E-state index contributed by atoms with van der Waals surface area (Å²) in [7, 11) is 1.65. The van der Waals surface area contributed by atoms with Gasteiger partial charge in [0.2, 0.25) is 10.0 Å². The summed E-state index contributed by atoms with van der Waals surface area (Å²) in [6, 6.07) is 5.41. The van der Waals surface area contributed by atoms with Gasteiger partial charge in [0.15, 0.2) is 17.5 Å². The molecule has 1 aliphatic rings. The van der Waals surface area contributed by atoms with Gasteiger partial charge in [0.25, 0.3) is 0 Å². The second kappa shape index (κ2) is 8.39. The highest BCUT2D eigenvalue weighted by atomic mass is 32.2. The van der Waals surface area contributed by atoms with Gasteiger partial charge in [-0.05, 0) is 25.0 Å². The molecule has 8 nitrogen and oxygen atoms in total. The molecule has 1 fully saturated rings. The van der Waals surface area contributed by atoms with E-state index in [0.717, 1.165) is 18.5 Å². The van der Waals surface area contributed by atoms with Crippen LogP contribution in [0.2, 0.25) is 0 Å². The average Bonchev–Trinajstić information content (AvgIpc) is 3.07. The Morgan fingerprint density at radius 3 is 2.64 bits per heavy atom. The number of rotatable bonds is 6. The number of guanidine groups is 1. The minimum absolute atomic E-state index is 0.0565. The monoisotopic (exact) mass is 370 g/mol. The number of nitrogens with zero attached hydrogens (tertiary/aromatic N) is 2. The molecule has 0 radical (unpaired) electrons. The summed E-state index contributed by atoms with van der Waals surface area (Å²) >= 11 is 0. The minimum Gasteiger partial charge on any atom is -0.493 e. The zero-order valence-electron chi connectivity index (χ0n) is 15.1. The zero-order valence-corrected chi connectivity index (χ0v) is 15.9. The molecule has 1 aromatic carbocycles. The molecule has 0 aromatic heterocycles. The van der Waals surface area contributed by atoms with E-state index in [-0.39, 0.29) is 6.04 Å². The maximum absolute atomic E-state index is 11.8. The van der Waals surface area contributed by atoms with Gasteiger partial charge in [-0.1, -0.05) is 0 Å². The first-order valence-electron chi connectivity index (χ1n) is 8.05. The number of hydrogen-bond donors (Lipinski definition) is 2. The first-order valence-corrected chi connectivity index (χ1v) is 9.90. The maximum atomic E-state index is 11.8. The van der Waals surface area contributed by atoms with Gasteiger partial charge >= 0.3 is 0 Å². The molecule has 0 amide bonds. The lowest BCUT2D eigenvalue weighted by molar-refractivity contribution is 0.355. The molecule has 1 aromatic rings. The molecule has 0 saturated carbocycles. The van der Waals surface area contributed by atoms with E-state index < -0.39 is 10.0 Å². The molecule has 1 aliphatic heterocycles. The molecule has 2 N–H and O–H groups in total. The summed E-state index contributed by atoms with van der Waals surface area (Å²) < 4.78 is 35.7. The fourth-order valence-corrected chi connectivity index (χ4v) is 4.08. The highest BCUT2D eigenvalue weighted by Gasteiger charge is 2.31. The van der Waals surface area contributed by atoms with Crippen LogP contribution in [0.15, 0.2) is 23.2 Å². The fraction of sp³-hybridized carbons (Fsp3) is 0.562. The number of methoxy groups -OCH3 is 2. The van der Waals surface area contributed by atoms with Crippen molar-refractivity contribution in [3.63, 3.8) is 0 Å². The van der Waals surface area contributed by atoms with Gasteiger partial charge in [-0.2, -0.15) is 4.31 Å². The van der Waals surface area contributed by atoms with Crippen molar-refractivity contribution in [1.82, 2.24) is 9.62 Å². The van der Waals surface area contributed by atoms with Crippen LogP contribution < -0.4 is 20.1 Å². The van der Waals surface area contributed by atoms with Crippen LogP contribution in [-0.2, 0) is 10.0 Å². The molecule has 1 atom stereocenters. The molecule has 140 valence electrons. The van der Waals surface area contributed by atoms with Gasteiger partial charge in [-0.3, -0.25) is 4.99 Å². The Morgan fingerprint density at radius 1 is 1.32 bits per heavy atom. The van der Waals surface area contributed by atoms with E-state index in [0.29, 0.717) is 30.5 Å². The van der Waals surface area contributed by atoms with Crippen molar-refractivity contribution in [3.8, 4) is 11.5 Å². The van der Waals surface area contributed by atoms with Crippen LogP contribution in [-0.4, -0.2) is 65.3 Å². The molecular weight excluding hydrogens is 344 g/mol. The highest BCUT2D eigenvalue weighted by Crippen LogP contribution is 2.29. The fourth-order valence-electron chi connectivity index (χ4n) is 2.89. The van der Waals surface area contributed by atoms with Crippen LogP contribution in [0.1, 0.15) is 12.8 Å². The molecule has 2 rings (SSSR count). The van der Waals surface area contributed by atoms with Crippen LogP contribution in [0.25, 0.3) is 0 Å². The molecule has 0 spiro atoms. The number of anilines is 1. The SMILES string of the molecule is CN=C(NC[C@H]1CCCN1S(C)(=O)=O)Nc1ccc(OC)c(OC)c1. The topological polar surface area (TPSA) is 92.3 Å². The van der Waals surface area contributed by atoms with Gasteiger partial charge in [0.05, 0.1) is 20.5 Å². The van der Waals surface area contributed by atoms with Crippen LogP contribution in [0.3, 0.4) is 0 Å². The Hall–Kier alpha value is -2.00. The van der Waals surface area contributed by atoms with Gasteiger partial charge in [0, 0.05) is 37.9 Å². The number of ether oxygens (including phenoxy) is 2. The van der Waals surface area contributed by atoms with Gasteiger partial charge in [0.1, 0.15) is 0 Å². The average molecular weight is 370 g/mol. The summed E-state index contributed by atoms with van der Waals surface area (Å²) in [5, 5.41) is 6.36. The minimum atomic E-state index is -3.18.